The number of anilines is 1. The quantitative estimate of drug-likeness (QED) is 0.200. The minimum absolute atomic E-state index is 0.00686. The lowest BCUT2D eigenvalue weighted by Crippen LogP contribution is -2.45. The standard InChI is InChI=1S/C31H29ClFN3O6S/c32-24-8-6-22(7-9-24)20-36(30(31(39)34-18-19-37)23-4-2-1-3-5-23)29(38)21-42-27-14-16-28(17-15-27)43(40,41)35-26-12-10-25(33)11-13-26/h1-17,30,35,37H,18-21H2,(H,34,39)/t30-/m1/s1. The van der Waals surface area contributed by atoms with Crippen LogP contribution >= 0.6 is 11.6 Å². The maximum Gasteiger partial charge on any atom is 0.261 e. The van der Waals surface area contributed by atoms with E-state index in [4.69, 9.17) is 16.3 Å². The summed E-state index contributed by atoms with van der Waals surface area (Å²) in [4.78, 5) is 28.2. The van der Waals surface area contributed by atoms with Gasteiger partial charge in [-0.15, -0.1) is 0 Å². The van der Waals surface area contributed by atoms with Crippen LogP contribution in [0.15, 0.2) is 108 Å². The Morgan fingerprint density at radius 1 is 0.907 bits per heavy atom. The van der Waals surface area contributed by atoms with Gasteiger partial charge in [-0.25, -0.2) is 12.8 Å². The van der Waals surface area contributed by atoms with Crippen LogP contribution in [-0.2, 0) is 26.2 Å². The van der Waals surface area contributed by atoms with Crippen molar-refractivity contribution < 1.29 is 32.2 Å². The molecule has 4 rings (SSSR count). The van der Waals surface area contributed by atoms with E-state index in [9.17, 15) is 27.5 Å². The van der Waals surface area contributed by atoms with Crippen LogP contribution in [0, 0.1) is 5.82 Å². The lowest BCUT2D eigenvalue weighted by molar-refractivity contribution is -0.143. The van der Waals surface area contributed by atoms with E-state index in [-0.39, 0.29) is 36.0 Å². The van der Waals surface area contributed by atoms with Crippen LogP contribution in [0.25, 0.3) is 0 Å². The Hall–Kier alpha value is -4.45. The third kappa shape index (κ3) is 8.77. The minimum atomic E-state index is -3.96. The molecule has 224 valence electrons. The Bertz CT molecular complexity index is 1620. The highest BCUT2D eigenvalue weighted by atomic mass is 35.5. The Kier molecular flexibility index (Phi) is 10.7. The molecule has 0 radical (unpaired) electrons. The second-order valence-electron chi connectivity index (χ2n) is 9.35. The summed E-state index contributed by atoms with van der Waals surface area (Å²) in [5.41, 5.74) is 1.48. The molecule has 3 N–H and O–H groups in total. The van der Waals surface area contributed by atoms with Crippen LogP contribution in [-0.4, -0.2) is 50.0 Å². The molecule has 43 heavy (non-hydrogen) atoms. The van der Waals surface area contributed by atoms with Crippen molar-refractivity contribution in [3.05, 3.63) is 125 Å². The molecule has 0 aromatic heterocycles. The van der Waals surface area contributed by atoms with Gasteiger partial charge in [0.1, 0.15) is 17.6 Å². The maximum absolute atomic E-state index is 13.6. The van der Waals surface area contributed by atoms with Crippen LogP contribution in [0.1, 0.15) is 17.2 Å². The highest BCUT2D eigenvalue weighted by molar-refractivity contribution is 7.92. The Morgan fingerprint density at radius 3 is 2.19 bits per heavy atom. The largest absolute Gasteiger partial charge is 0.484 e. The van der Waals surface area contributed by atoms with Gasteiger partial charge in [-0.3, -0.25) is 14.3 Å². The number of carbonyl (C=O) groups excluding carboxylic acids is 2. The number of nitrogens with zero attached hydrogens (tertiary/aromatic N) is 1. The summed E-state index contributed by atoms with van der Waals surface area (Å²) in [7, 11) is -3.96. The van der Waals surface area contributed by atoms with Crippen molar-refractivity contribution in [1.82, 2.24) is 10.2 Å². The topological polar surface area (TPSA) is 125 Å². The van der Waals surface area contributed by atoms with Gasteiger partial charge >= 0.3 is 0 Å². The highest BCUT2D eigenvalue weighted by Crippen LogP contribution is 2.25. The number of halogens is 2. The van der Waals surface area contributed by atoms with Crippen molar-refractivity contribution in [2.45, 2.75) is 17.5 Å². The van der Waals surface area contributed by atoms with Crippen molar-refractivity contribution in [2.75, 3.05) is 24.5 Å². The fraction of sp³-hybridized carbons (Fsp3) is 0.161. The van der Waals surface area contributed by atoms with E-state index >= 15 is 0 Å². The van der Waals surface area contributed by atoms with E-state index in [2.05, 4.69) is 10.0 Å². The third-order valence-corrected chi connectivity index (χ3v) is 7.91. The van der Waals surface area contributed by atoms with Gasteiger partial charge in [0.2, 0.25) is 5.91 Å². The predicted molar refractivity (Wildman–Crippen MR) is 160 cm³/mol. The first kappa shape index (κ1) is 31.5. The smallest absolute Gasteiger partial charge is 0.261 e. The number of benzene rings is 4. The summed E-state index contributed by atoms with van der Waals surface area (Å²) < 4.78 is 46.7. The van der Waals surface area contributed by atoms with Gasteiger partial charge < -0.3 is 20.1 Å². The fourth-order valence-corrected chi connectivity index (χ4v) is 5.35. The summed E-state index contributed by atoms with van der Waals surface area (Å²) in [5.74, 6) is -1.27. The SMILES string of the molecule is O=C(NCCO)[C@@H](c1ccccc1)N(Cc1ccc(Cl)cc1)C(=O)COc1ccc(S(=O)(=O)Nc2ccc(F)cc2)cc1. The van der Waals surface area contributed by atoms with E-state index in [1.54, 1.807) is 54.6 Å². The molecule has 0 aliphatic heterocycles. The lowest BCUT2D eigenvalue weighted by atomic mass is 10.0. The van der Waals surface area contributed by atoms with Crippen LogP contribution in [0.5, 0.6) is 5.75 Å². The van der Waals surface area contributed by atoms with E-state index in [1.165, 1.54) is 41.3 Å². The summed E-state index contributed by atoms with van der Waals surface area (Å²) in [6.07, 6.45) is 0. The molecule has 2 amide bonds. The highest BCUT2D eigenvalue weighted by Gasteiger charge is 2.31. The molecule has 0 fully saturated rings. The minimum Gasteiger partial charge on any atom is -0.484 e. The Labute approximate surface area is 253 Å². The number of rotatable bonds is 13. The molecule has 4 aromatic carbocycles. The first-order valence-electron chi connectivity index (χ1n) is 13.1. The van der Waals surface area contributed by atoms with Crippen molar-refractivity contribution in [2.24, 2.45) is 0 Å². The summed E-state index contributed by atoms with van der Waals surface area (Å²) in [6, 6.07) is 24.9. The number of amides is 2. The first-order valence-corrected chi connectivity index (χ1v) is 15.0. The normalized spacial score (nSPS) is 11.8. The van der Waals surface area contributed by atoms with Gasteiger partial charge in [0.15, 0.2) is 6.61 Å². The molecule has 9 nitrogen and oxygen atoms in total. The van der Waals surface area contributed by atoms with E-state index in [1.807, 2.05) is 0 Å². The molecule has 0 saturated heterocycles. The number of sulfonamides is 1. The second kappa shape index (κ2) is 14.6. The number of hydrogen-bond acceptors (Lipinski definition) is 6. The molecule has 0 aliphatic rings. The fourth-order valence-electron chi connectivity index (χ4n) is 4.17. The van der Waals surface area contributed by atoms with Crippen LogP contribution in [0.4, 0.5) is 10.1 Å². The van der Waals surface area contributed by atoms with Gasteiger partial charge in [-0.2, -0.15) is 0 Å². The maximum atomic E-state index is 13.6. The van der Waals surface area contributed by atoms with Crippen molar-refractivity contribution in [1.29, 1.82) is 0 Å². The van der Waals surface area contributed by atoms with Crippen molar-refractivity contribution in [3.8, 4) is 5.75 Å². The van der Waals surface area contributed by atoms with Gasteiger partial charge in [-0.1, -0.05) is 54.1 Å². The third-order valence-electron chi connectivity index (χ3n) is 6.27. The number of nitrogens with one attached hydrogen (secondary N) is 2. The zero-order valence-corrected chi connectivity index (χ0v) is 24.4. The molecule has 0 unspecified atom stereocenters. The number of aliphatic hydroxyl groups excluding tert-OH is 1. The number of hydrogen-bond donors (Lipinski definition) is 3. The first-order chi connectivity index (χ1) is 20.7. The van der Waals surface area contributed by atoms with E-state index in [0.717, 1.165) is 17.7 Å². The molecule has 12 heteroatoms. The van der Waals surface area contributed by atoms with Crippen LogP contribution in [0.2, 0.25) is 5.02 Å². The molecule has 0 aliphatic carbocycles. The number of ether oxygens (including phenoxy) is 1. The van der Waals surface area contributed by atoms with Crippen LogP contribution < -0.4 is 14.8 Å². The summed E-state index contributed by atoms with van der Waals surface area (Å²) in [6.45, 7) is -0.665. The molecule has 1 atom stereocenters. The number of aliphatic hydroxyl groups is 1. The monoisotopic (exact) mass is 625 g/mol. The summed E-state index contributed by atoms with van der Waals surface area (Å²) in [5, 5.41) is 12.4. The van der Waals surface area contributed by atoms with Crippen molar-refractivity contribution in [3.63, 3.8) is 0 Å². The van der Waals surface area contributed by atoms with Crippen LogP contribution in [0.3, 0.4) is 0 Å². The average Bonchev–Trinajstić information content (AvgIpc) is 3.01. The predicted octanol–water partition coefficient (Wildman–Crippen LogP) is 4.54. The molecular weight excluding hydrogens is 597 g/mol. The molecule has 0 spiro atoms. The van der Waals surface area contributed by atoms with E-state index < -0.39 is 40.3 Å². The van der Waals surface area contributed by atoms with Crippen molar-refractivity contribution >= 4 is 39.1 Å². The molecule has 0 heterocycles. The molecule has 0 bridgehead atoms. The zero-order valence-electron chi connectivity index (χ0n) is 22.8. The van der Waals surface area contributed by atoms with E-state index in [0.29, 0.717) is 10.6 Å². The summed E-state index contributed by atoms with van der Waals surface area (Å²) >= 11 is 6.04. The van der Waals surface area contributed by atoms with Gasteiger partial charge in [0, 0.05) is 23.8 Å². The second-order valence-corrected chi connectivity index (χ2v) is 11.5. The number of carbonyl (C=O) groups is 2. The average molecular weight is 626 g/mol. The Morgan fingerprint density at radius 2 is 1.56 bits per heavy atom. The molecule has 0 saturated carbocycles. The van der Waals surface area contributed by atoms with Gasteiger partial charge in [-0.05, 0) is 71.8 Å². The Balaban J connectivity index is 1.53. The lowest BCUT2D eigenvalue weighted by Gasteiger charge is -2.31. The van der Waals surface area contributed by atoms with Gasteiger partial charge in [0.05, 0.1) is 11.5 Å². The molecule has 4 aromatic rings. The molecular formula is C31H29ClFN3O6S. The zero-order chi connectivity index (χ0) is 30.8. The van der Waals surface area contributed by atoms with Gasteiger partial charge in [0.25, 0.3) is 15.9 Å².